The standard InChI is InChI=1S/C30H35FN2O4/c1-37-28(35)27(34)25-5-3-2-4-19(25)12-14-29(36)15-13-22-16-26(33-24-10-8-23(31)9-11-24)20(18-32)17-30(22,29)21-6-7-21/h2-5,8-11,16,18,20-21,26-27,32-34,36H,6-7,12-15,17H2,1H3/t20?,26?,27?,29-,30+/m0/s1. The van der Waals surface area contributed by atoms with Gasteiger partial charge < -0.3 is 25.7 Å². The summed E-state index contributed by atoms with van der Waals surface area (Å²) in [7, 11) is 1.25. The number of carbonyl (C=O) groups excluding carboxylic acids is 1. The van der Waals surface area contributed by atoms with Crippen molar-refractivity contribution in [1.82, 2.24) is 0 Å². The molecule has 6 nitrogen and oxygen atoms in total. The van der Waals surface area contributed by atoms with Crippen molar-refractivity contribution in [2.75, 3.05) is 12.4 Å². The fourth-order valence-corrected chi connectivity index (χ4v) is 6.87. The zero-order valence-electron chi connectivity index (χ0n) is 21.1. The minimum Gasteiger partial charge on any atom is -0.467 e. The summed E-state index contributed by atoms with van der Waals surface area (Å²) < 4.78 is 18.1. The van der Waals surface area contributed by atoms with Gasteiger partial charge in [0.15, 0.2) is 6.10 Å². The van der Waals surface area contributed by atoms with E-state index in [0.717, 1.165) is 30.5 Å². The van der Waals surface area contributed by atoms with E-state index in [1.54, 1.807) is 24.3 Å². The van der Waals surface area contributed by atoms with E-state index in [1.165, 1.54) is 31.0 Å². The molecule has 196 valence electrons. The van der Waals surface area contributed by atoms with E-state index in [1.807, 2.05) is 12.1 Å². The predicted molar refractivity (Wildman–Crippen MR) is 140 cm³/mol. The molecular weight excluding hydrogens is 471 g/mol. The Balaban J connectivity index is 1.42. The van der Waals surface area contributed by atoms with Crippen LogP contribution in [0.15, 0.2) is 60.2 Å². The summed E-state index contributed by atoms with van der Waals surface area (Å²) in [5, 5.41) is 34.5. The minimum absolute atomic E-state index is 0.0943. The van der Waals surface area contributed by atoms with E-state index in [4.69, 9.17) is 10.1 Å². The number of methoxy groups -OCH3 is 1. The number of hydrogen-bond acceptors (Lipinski definition) is 6. The molecule has 0 saturated heterocycles. The van der Waals surface area contributed by atoms with Crippen LogP contribution in [0.4, 0.5) is 10.1 Å². The van der Waals surface area contributed by atoms with Crippen LogP contribution in [-0.4, -0.2) is 41.1 Å². The highest BCUT2D eigenvalue weighted by molar-refractivity contribution is 5.76. The van der Waals surface area contributed by atoms with Crippen molar-refractivity contribution in [3.05, 3.63) is 77.1 Å². The lowest BCUT2D eigenvalue weighted by Crippen LogP contribution is -2.52. The van der Waals surface area contributed by atoms with Crippen molar-refractivity contribution in [2.45, 2.75) is 62.7 Å². The normalized spacial score (nSPS) is 29.7. The highest BCUT2D eigenvalue weighted by Gasteiger charge is 2.64. The van der Waals surface area contributed by atoms with Crippen LogP contribution in [0.5, 0.6) is 0 Å². The minimum atomic E-state index is -1.36. The van der Waals surface area contributed by atoms with Gasteiger partial charge in [-0.15, -0.1) is 0 Å². The van der Waals surface area contributed by atoms with Gasteiger partial charge in [0, 0.05) is 23.2 Å². The van der Waals surface area contributed by atoms with Crippen molar-refractivity contribution >= 4 is 17.9 Å². The Morgan fingerprint density at radius 2 is 1.97 bits per heavy atom. The molecule has 2 aromatic carbocycles. The third-order valence-corrected chi connectivity index (χ3v) is 8.86. The number of aliphatic hydroxyl groups is 2. The lowest BCUT2D eigenvalue weighted by atomic mass is 9.58. The Hall–Kier alpha value is -3.03. The molecule has 0 aromatic heterocycles. The molecule has 7 heteroatoms. The summed E-state index contributed by atoms with van der Waals surface area (Å²) in [6, 6.07) is 13.5. The fraction of sp³-hybridized carbons (Fsp3) is 0.467. The number of carbonyl (C=O) groups is 1. The summed E-state index contributed by atoms with van der Waals surface area (Å²) in [5.74, 6) is -0.707. The molecule has 0 amide bonds. The maximum atomic E-state index is 13.4. The van der Waals surface area contributed by atoms with Gasteiger partial charge in [0.05, 0.1) is 18.8 Å². The lowest BCUT2D eigenvalue weighted by Gasteiger charge is -2.49. The summed E-state index contributed by atoms with van der Waals surface area (Å²) in [6.07, 6.45) is 7.64. The maximum Gasteiger partial charge on any atom is 0.339 e. The maximum absolute atomic E-state index is 13.4. The Morgan fingerprint density at radius 1 is 1.24 bits per heavy atom. The van der Waals surface area contributed by atoms with Crippen LogP contribution in [0.25, 0.3) is 0 Å². The van der Waals surface area contributed by atoms with E-state index in [-0.39, 0.29) is 23.2 Å². The zero-order chi connectivity index (χ0) is 26.2. The molecule has 4 N–H and O–H groups in total. The summed E-state index contributed by atoms with van der Waals surface area (Å²) in [6.45, 7) is 0. The molecule has 3 unspecified atom stereocenters. The fourth-order valence-electron chi connectivity index (χ4n) is 6.87. The number of rotatable bonds is 9. The molecular formula is C30H35FN2O4. The first kappa shape index (κ1) is 25.6. The number of nitrogens with one attached hydrogen (secondary N) is 2. The summed E-state index contributed by atoms with van der Waals surface area (Å²) in [4.78, 5) is 12.0. The molecule has 2 saturated carbocycles. The van der Waals surface area contributed by atoms with Crippen LogP contribution in [0.3, 0.4) is 0 Å². The van der Waals surface area contributed by atoms with Gasteiger partial charge >= 0.3 is 5.97 Å². The largest absolute Gasteiger partial charge is 0.467 e. The average Bonchev–Trinajstić information content (AvgIpc) is 3.73. The number of hydrogen-bond donors (Lipinski definition) is 4. The van der Waals surface area contributed by atoms with Gasteiger partial charge in [-0.2, -0.15) is 0 Å². The third-order valence-electron chi connectivity index (χ3n) is 8.86. The third kappa shape index (κ3) is 4.59. The molecule has 0 bridgehead atoms. The van der Waals surface area contributed by atoms with Gasteiger partial charge in [-0.3, -0.25) is 0 Å². The Kier molecular flexibility index (Phi) is 6.94. The molecule has 5 atom stereocenters. The smallest absolute Gasteiger partial charge is 0.339 e. The van der Waals surface area contributed by atoms with Crippen LogP contribution in [-0.2, 0) is 16.0 Å². The van der Waals surface area contributed by atoms with E-state index in [9.17, 15) is 19.4 Å². The van der Waals surface area contributed by atoms with Crippen LogP contribution < -0.4 is 5.32 Å². The number of esters is 1. The van der Waals surface area contributed by atoms with Crippen LogP contribution >= 0.6 is 0 Å². The number of aliphatic hydroxyl groups excluding tert-OH is 1. The molecule has 0 spiro atoms. The molecule has 0 aliphatic heterocycles. The van der Waals surface area contributed by atoms with Crippen LogP contribution in [0.1, 0.15) is 55.8 Å². The summed E-state index contributed by atoms with van der Waals surface area (Å²) >= 11 is 0. The molecule has 3 aliphatic rings. The second-order valence-corrected chi connectivity index (χ2v) is 10.8. The molecule has 3 aliphatic carbocycles. The summed E-state index contributed by atoms with van der Waals surface area (Å²) in [5.41, 5.74) is 2.09. The number of aryl methyl sites for hydroxylation is 1. The molecule has 0 radical (unpaired) electrons. The molecule has 2 fully saturated rings. The van der Waals surface area contributed by atoms with E-state index in [2.05, 4.69) is 11.4 Å². The first-order chi connectivity index (χ1) is 17.8. The van der Waals surface area contributed by atoms with Gasteiger partial charge in [0.25, 0.3) is 0 Å². The van der Waals surface area contributed by atoms with Crippen molar-refractivity contribution in [1.29, 1.82) is 5.41 Å². The SMILES string of the molecule is COC(=O)C(O)c1ccccc1CC[C@]1(O)CCC2=CC(Nc3ccc(F)cc3)C(C=N)C[C@@]21C1CC1. The molecule has 5 rings (SSSR count). The highest BCUT2D eigenvalue weighted by Crippen LogP contribution is 2.67. The Morgan fingerprint density at radius 3 is 2.65 bits per heavy atom. The van der Waals surface area contributed by atoms with Gasteiger partial charge in [0.1, 0.15) is 5.82 Å². The first-order valence-electron chi connectivity index (χ1n) is 13.1. The molecule has 0 heterocycles. The number of benzene rings is 2. The predicted octanol–water partition coefficient (Wildman–Crippen LogP) is 4.96. The number of halogens is 1. The monoisotopic (exact) mass is 506 g/mol. The topological polar surface area (TPSA) is 103 Å². The number of fused-ring (bicyclic) bond motifs is 1. The molecule has 37 heavy (non-hydrogen) atoms. The van der Waals surface area contributed by atoms with Gasteiger partial charge in [-0.1, -0.05) is 35.9 Å². The second-order valence-electron chi connectivity index (χ2n) is 10.8. The van der Waals surface area contributed by atoms with Crippen molar-refractivity contribution < 1.29 is 24.1 Å². The van der Waals surface area contributed by atoms with E-state index in [0.29, 0.717) is 37.2 Å². The second kappa shape index (κ2) is 10.0. The van der Waals surface area contributed by atoms with Crippen LogP contribution in [0.2, 0.25) is 0 Å². The van der Waals surface area contributed by atoms with Crippen molar-refractivity contribution in [3.8, 4) is 0 Å². The number of ether oxygens (including phenoxy) is 1. The van der Waals surface area contributed by atoms with Crippen molar-refractivity contribution in [3.63, 3.8) is 0 Å². The molecule has 2 aromatic rings. The van der Waals surface area contributed by atoms with E-state index >= 15 is 0 Å². The zero-order valence-corrected chi connectivity index (χ0v) is 21.1. The van der Waals surface area contributed by atoms with Gasteiger partial charge in [0.2, 0.25) is 0 Å². The van der Waals surface area contributed by atoms with Crippen LogP contribution in [0, 0.1) is 28.5 Å². The van der Waals surface area contributed by atoms with Gasteiger partial charge in [-0.25, -0.2) is 9.18 Å². The number of anilines is 1. The average molecular weight is 507 g/mol. The Labute approximate surface area is 217 Å². The Bertz CT molecular complexity index is 1190. The van der Waals surface area contributed by atoms with Crippen molar-refractivity contribution in [2.24, 2.45) is 17.3 Å². The first-order valence-corrected chi connectivity index (χ1v) is 13.1. The lowest BCUT2D eigenvalue weighted by molar-refractivity contribution is -0.150. The van der Waals surface area contributed by atoms with Gasteiger partial charge in [-0.05, 0) is 86.3 Å². The van der Waals surface area contributed by atoms with E-state index < -0.39 is 17.7 Å². The quantitative estimate of drug-likeness (QED) is 0.219. The highest BCUT2D eigenvalue weighted by atomic mass is 19.1.